The van der Waals surface area contributed by atoms with Crippen molar-refractivity contribution in [3.05, 3.63) is 21.4 Å². The van der Waals surface area contributed by atoms with E-state index in [4.69, 9.17) is 5.11 Å². The summed E-state index contributed by atoms with van der Waals surface area (Å²) in [6.45, 7) is 1.17. The van der Waals surface area contributed by atoms with Gasteiger partial charge in [-0.05, 0) is 23.8 Å². The number of carbonyl (C=O) groups excluding carboxylic acids is 1. The molecular formula is C13H15NO3S2. The summed E-state index contributed by atoms with van der Waals surface area (Å²) in [4.78, 5) is 26.8. The van der Waals surface area contributed by atoms with Crippen molar-refractivity contribution in [1.82, 2.24) is 4.90 Å². The zero-order valence-electron chi connectivity index (χ0n) is 10.4. The van der Waals surface area contributed by atoms with E-state index in [0.29, 0.717) is 13.1 Å². The Balaban J connectivity index is 1.62. The third-order valence-corrected chi connectivity index (χ3v) is 5.78. The highest BCUT2D eigenvalue weighted by Gasteiger charge is 2.33. The molecule has 0 atom stereocenters. The monoisotopic (exact) mass is 297 g/mol. The summed E-state index contributed by atoms with van der Waals surface area (Å²) in [7, 11) is 0. The fraction of sp³-hybridized carbons (Fsp3) is 0.538. The molecule has 0 saturated carbocycles. The minimum atomic E-state index is -0.777. The van der Waals surface area contributed by atoms with Crippen LogP contribution < -0.4 is 0 Å². The molecule has 0 bridgehead atoms. The van der Waals surface area contributed by atoms with Crippen LogP contribution in [0, 0.1) is 5.92 Å². The van der Waals surface area contributed by atoms with Crippen molar-refractivity contribution in [2.75, 3.05) is 18.8 Å². The zero-order chi connectivity index (χ0) is 13.4. The van der Waals surface area contributed by atoms with Gasteiger partial charge < -0.3 is 10.0 Å². The number of rotatable bonds is 3. The highest BCUT2D eigenvalue weighted by atomic mass is 32.2. The number of likely N-dealkylation sites (tertiary alicyclic amines) is 1. The van der Waals surface area contributed by atoms with Crippen molar-refractivity contribution in [1.29, 1.82) is 0 Å². The predicted molar refractivity (Wildman–Crippen MR) is 75.8 cm³/mol. The number of amides is 1. The summed E-state index contributed by atoms with van der Waals surface area (Å²) >= 11 is 3.53. The lowest BCUT2D eigenvalue weighted by Crippen LogP contribution is -2.50. The molecule has 0 radical (unpaired) electrons. The van der Waals surface area contributed by atoms with Crippen LogP contribution in [-0.2, 0) is 17.0 Å². The molecule has 2 aliphatic heterocycles. The predicted octanol–water partition coefficient (Wildman–Crippen LogP) is 2.08. The first kappa shape index (κ1) is 13.0. The maximum atomic E-state index is 12.3. The molecule has 3 heterocycles. The van der Waals surface area contributed by atoms with Crippen LogP contribution in [0.15, 0.2) is 6.07 Å². The number of nitrogens with zero attached hydrogens (tertiary/aromatic N) is 1. The summed E-state index contributed by atoms with van der Waals surface area (Å²) in [6, 6.07) is 2.03. The third kappa shape index (κ3) is 2.65. The van der Waals surface area contributed by atoms with Gasteiger partial charge in [-0.1, -0.05) is 0 Å². The minimum absolute atomic E-state index is 0.0750. The number of carboxylic acid groups (broad SMARTS) is 1. The Morgan fingerprint density at radius 1 is 1.42 bits per heavy atom. The van der Waals surface area contributed by atoms with Crippen LogP contribution in [0.5, 0.6) is 0 Å². The van der Waals surface area contributed by atoms with Crippen LogP contribution in [0.1, 0.15) is 26.5 Å². The number of hydrogen-bond acceptors (Lipinski definition) is 4. The Kier molecular flexibility index (Phi) is 3.54. The van der Waals surface area contributed by atoms with Gasteiger partial charge in [-0.3, -0.25) is 9.59 Å². The molecule has 0 aromatic carbocycles. The van der Waals surface area contributed by atoms with E-state index in [1.54, 1.807) is 16.2 Å². The van der Waals surface area contributed by atoms with Crippen LogP contribution in [0.2, 0.25) is 0 Å². The number of hydrogen-bond donors (Lipinski definition) is 1. The lowest BCUT2D eigenvalue weighted by atomic mass is 9.96. The number of thiophene rings is 1. The molecular weight excluding hydrogens is 282 g/mol. The van der Waals surface area contributed by atoms with E-state index in [0.717, 1.165) is 22.8 Å². The van der Waals surface area contributed by atoms with Gasteiger partial charge in [0.25, 0.3) is 5.91 Å². The summed E-state index contributed by atoms with van der Waals surface area (Å²) in [5.41, 5.74) is 1.31. The first-order valence-electron chi connectivity index (χ1n) is 6.34. The van der Waals surface area contributed by atoms with E-state index in [1.165, 1.54) is 10.4 Å². The number of fused-ring (bicyclic) bond motifs is 1. The normalized spacial score (nSPS) is 18.8. The fourth-order valence-electron chi connectivity index (χ4n) is 2.52. The Bertz CT molecular complexity index is 496. The second-order valence-corrected chi connectivity index (χ2v) is 7.28. The van der Waals surface area contributed by atoms with Gasteiger partial charge in [0.1, 0.15) is 0 Å². The fourth-order valence-corrected chi connectivity index (χ4v) is 4.86. The van der Waals surface area contributed by atoms with Crippen molar-refractivity contribution in [3.63, 3.8) is 0 Å². The summed E-state index contributed by atoms with van der Waals surface area (Å²) in [5, 5.41) is 8.70. The Morgan fingerprint density at radius 3 is 2.89 bits per heavy atom. The maximum Gasteiger partial charge on any atom is 0.303 e. The smallest absolute Gasteiger partial charge is 0.303 e. The molecule has 1 N–H and O–H groups in total. The maximum absolute atomic E-state index is 12.3. The van der Waals surface area contributed by atoms with Crippen molar-refractivity contribution in [2.45, 2.75) is 18.6 Å². The van der Waals surface area contributed by atoms with Crippen LogP contribution in [0.3, 0.4) is 0 Å². The van der Waals surface area contributed by atoms with Gasteiger partial charge in [0.15, 0.2) is 0 Å². The largest absolute Gasteiger partial charge is 0.481 e. The molecule has 1 aromatic heterocycles. The topological polar surface area (TPSA) is 57.6 Å². The highest BCUT2D eigenvalue weighted by molar-refractivity contribution is 7.98. The van der Waals surface area contributed by atoms with Crippen molar-refractivity contribution in [2.24, 2.45) is 5.92 Å². The molecule has 0 unspecified atom stereocenters. The number of carboxylic acids is 1. The van der Waals surface area contributed by atoms with E-state index in [-0.39, 0.29) is 18.2 Å². The lowest BCUT2D eigenvalue weighted by molar-refractivity contribution is -0.139. The molecule has 1 fully saturated rings. The van der Waals surface area contributed by atoms with Crippen LogP contribution >= 0.6 is 23.1 Å². The van der Waals surface area contributed by atoms with Gasteiger partial charge in [0, 0.05) is 29.6 Å². The Morgan fingerprint density at radius 2 is 2.21 bits per heavy atom. The van der Waals surface area contributed by atoms with Crippen LogP contribution in [0.25, 0.3) is 0 Å². The van der Waals surface area contributed by atoms with E-state index in [9.17, 15) is 9.59 Å². The SMILES string of the molecule is O=C(O)CC1CN(C(=O)c2cc3c(s2)CCSC3)C1. The molecule has 3 rings (SSSR count). The van der Waals surface area contributed by atoms with Gasteiger partial charge in [0.2, 0.25) is 0 Å². The number of aryl methyl sites for hydroxylation is 1. The molecule has 1 aromatic rings. The van der Waals surface area contributed by atoms with Gasteiger partial charge >= 0.3 is 5.97 Å². The first-order chi connectivity index (χ1) is 9.13. The van der Waals surface area contributed by atoms with Gasteiger partial charge in [-0.15, -0.1) is 11.3 Å². The average Bonchev–Trinajstić information content (AvgIpc) is 2.75. The average molecular weight is 297 g/mol. The van der Waals surface area contributed by atoms with Crippen LogP contribution in [-0.4, -0.2) is 40.7 Å². The molecule has 1 amide bonds. The van der Waals surface area contributed by atoms with E-state index >= 15 is 0 Å². The van der Waals surface area contributed by atoms with E-state index in [2.05, 4.69) is 0 Å². The zero-order valence-corrected chi connectivity index (χ0v) is 12.1. The molecule has 102 valence electrons. The Hall–Kier alpha value is -1.01. The number of aliphatic carboxylic acids is 1. The lowest BCUT2D eigenvalue weighted by Gasteiger charge is -2.38. The van der Waals surface area contributed by atoms with Gasteiger partial charge in [-0.25, -0.2) is 0 Å². The second-order valence-electron chi connectivity index (χ2n) is 5.04. The second kappa shape index (κ2) is 5.17. The number of carbonyl (C=O) groups is 2. The summed E-state index contributed by atoms with van der Waals surface area (Å²) < 4.78 is 0. The van der Waals surface area contributed by atoms with Gasteiger partial charge in [-0.2, -0.15) is 11.8 Å². The molecule has 0 spiro atoms. The molecule has 2 aliphatic rings. The van der Waals surface area contributed by atoms with Crippen molar-refractivity contribution < 1.29 is 14.7 Å². The summed E-state index contributed by atoms with van der Waals surface area (Å²) in [5.74, 6) is 1.59. The van der Waals surface area contributed by atoms with Crippen LogP contribution in [0.4, 0.5) is 0 Å². The van der Waals surface area contributed by atoms with Crippen molar-refractivity contribution in [3.8, 4) is 0 Å². The Labute approximate surface area is 119 Å². The standard InChI is InChI=1S/C13H15NO3S2/c15-12(16)3-8-5-14(6-8)13(17)11-4-9-7-18-2-1-10(9)19-11/h4,8H,1-3,5-7H2,(H,15,16). The minimum Gasteiger partial charge on any atom is -0.481 e. The van der Waals surface area contributed by atoms with Crippen molar-refractivity contribution >= 4 is 35.0 Å². The molecule has 0 aliphatic carbocycles. The summed E-state index contributed by atoms with van der Waals surface area (Å²) in [6.07, 6.45) is 1.24. The third-order valence-electron chi connectivity index (χ3n) is 3.55. The highest BCUT2D eigenvalue weighted by Crippen LogP contribution is 2.33. The first-order valence-corrected chi connectivity index (χ1v) is 8.31. The van der Waals surface area contributed by atoms with E-state index in [1.807, 2.05) is 17.8 Å². The molecule has 1 saturated heterocycles. The molecule has 4 nitrogen and oxygen atoms in total. The molecule has 6 heteroatoms. The van der Waals surface area contributed by atoms with E-state index < -0.39 is 5.97 Å². The molecule has 19 heavy (non-hydrogen) atoms. The number of thioether (sulfide) groups is 1. The van der Waals surface area contributed by atoms with Gasteiger partial charge in [0.05, 0.1) is 11.3 Å². The quantitative estimate of drug-likeness (QED) is 0.928.